The average molecular weight is 241 g/mol. The predicted molar refractivity (Wildman–Crippen MR) is 67.0 cm³/mol. The van der Waals surface area contributed by atoms with Gasteiger partial charge in [0.15, 0.2) is 0 Å². The molecule has 0 atom stereocenters. The minimum Gasteiger partial charge on any atom is -0.468 e. The maximum atomic E-state index is 5.42. The highest BCUT2D eigenvalue weighted by Crippen LogP contribution is 1.97. The second-order valence-electron chi connectivity index (χ2n) is 3.83. The van der Waals surface area contributed by atoms with Crippen molar-refractivity contribution in [1.29, 1.82) is 0 Å². The van der Waals surface area contributed by atoms with Gasteiger partial charge in [-0.1, -0.05) is 13.3 Å². The average Bonchev–Trinajstić information content (AvgIpc) is 2.85. The molecule has 0 aliphatic rings. The van der Waals surface area contributed by atoms with Crippen LogP contribution in [0.15, 0.2) is 22.8 Å². The number of ether oxygens (including phenoxy) is 2. The Morgan fingerprint density at radius 2 is 2.00 bits per heavy atom. The van der Waals surface area contributed by atoms with Gasteiger partial charge in [-0.25, -0.2) is 0 Å². The van der Waals surface area contributed by atoms with E-state index in [0.29, 0.717) is 19.8 Å². The first-order valence-corrected chi connectivity index (χ1v) is 6.32. The summed E-state index contributed by atoms with van der Waals surface area (Å²) in [4.78, 5) is 0. The monoisotopic (exact) mass is 241 g/mol. The van der Waals surface area contributed by atoms with Crippen LogP contribution in [0.2, 0.25) is 0 Å². The van der Waals surface area contributed by atoms with Crippen LogP contribution in [-0.4, -0.2) is 33.0 Å². The maximum Gasteiger partial charge on any atom is 0.117 e. The molecule has 1 aromatic rings. The van der Waals surface area contributed by atoms with Crippen molar-refractivity contribution in [1.82, 2.24) is 5.32 Å². The quantitative estimate of drug-likeness (QED) is 0.603. The molecule has 98 valence electrons. The van der Waals surface area contributed by atoms with E-state index in [1.807, 2.05) is 12.1 Å². The van der Waals surface area contributed by atoms with E-state index in [-0.39, 0.29) is 0 Å². The molecule has 0 unspecified atom stereocenters. The third-order valence-corrected chi connectivity index (χ3v) is 2.32. The van der Waals surface area contributed by atoms with E-state index in [4.69, 9.17) is 13.9 Å². The number of rotatable bonds is 11. The Bertz CT molecular complexity index is 249. The molecule has 0 aliphatic carbocycles. The first-order chi connectivity index (χ1) is 8.43. The van der Waals surface area contributed by atoms with E-state index in [0.717, 1.165) is 31.9 Å². The molecule has 1 aromatic heterocycles. The van der Waals surface area contributed by atoms with Gasteiger partial charge in [0, 0.05) is 13.2 Å². The van der Waals surface area contributed by atoms with Crippen LogP contribution in [0.25, 0.3) is 0 Å². The predicted octanol–water partition coefficient (Wildman–Crippen LogP) is 2.20. The fourth-order valence-electron chi connectivity index (χ4n) is 1.34. The fraction of sp³-hybridized carbons (Fsp3) is 0.692. The van der Waals surface area contributed by atoms with Gasteiger partial charge in [0.05, 0.1) is 32.6 Å². The van der Waals surface area contributed by atoms with E-state index in [2.05, 4.69) is 12.2 Å². The molecular formula is C13H23NO3. The topological polar surface area (TPSA) is 43.6 Å². The number of hydrogen-bond donors (Lipinski definition) is 1. The zero-order valence-electron chi connectivity index (χ0n) is 10.6. The third kappa shape index (κ3) is 7.96. The standard InChI is InChI=1S/C13H23NO3/c1-2-3-7-15-10-11-16-9-6-14-12-13-5-4-8-17-13/h4-5,8,14H,2-3,6-7,9-12H2,1H3. The van der Waals surface area contributed by atoms with Crippen molar-refractivity contribution in [2.24, 2.45) is 0 Å². The zero-order chi connectivity index (χ0) is 12.2. The van der Waals surface area contributed by atoms with E-state index in [1.165, 1.54) is 6.42 Å². The van der Waals surface area contributed by atoms with Crippen LogP contribution in [0.5, 0.6) is 0 Å². The van der Waals surface area contributed by atoms with E-state index < -0.39 is 0 Å². The lowest BCUT2D eigenvalue weighted by molar-refractivity contribution is 0.0476. The van der Waals surface area contributed by atoms with Gasteiger partial charge in [-0.3, -0.25) is 0 Å². The van der Waals surface area contributed by atoms with Gasteiger partial charge in [-0.15, -0.1) is 0 Å². The smallest absolute Gasteiger partial charge is 0.117 e. The molecule has 0 aliphatic heterocycles. The highest BCUT2D eigenvalue weighted by Gasteiger charge is 1.94. The molecule has 17 heavy (non-hydrogen) atoms. The van der Waals surface area contributed by atoms with Crippen LogP contribution in [0, 0.1) is 0 Å². The van der Waals surface area contributed by atoms with Gasteiger partial charge in [-0.05, 0) is 18.6 Å². The van der Waals surface area contributed by atoms with Gasteiger partial charge in [0.2, 0.25) is 0 Å². The lowest BCUT2D eigenvalue weighted by Gasteiger charge is -2.06. The Morgan fingerprint density at radius 1 is 1.18 bits per heavy atom. The van der Waals surface area contributed by atoms with Crippen molar-refractivity contribution in [3.05, 3.63) is 24.2 Å². The Morgan fingerprint density at radius 3 is 2.71 bits per heavy atom. The molecule has 0 amide bonds. The third-order valence-electron chi connectivity index (χ3n) is 2.32. The highest BCUT2D eigenvalue weighted by molar-refractivity contribution is 4.97. The van der Waals surface area contributed by atoms with Crippen molar-refractivity contribution in [3.63, 3.8) is 0 Å². The Hall–Kier alpha value is -0.840. The van der Waals surface area contributed by atoms with E-state index in [9.17, 15) is 0 Å². The van der Waals surface area contributed by atoms with Crippen LogP contribution in [-0.2, 0) is 16.0 Å². The van der Waals surface area contributed by atoms with Crippen LogP contribution in [0.4, 0.5) is 0 Å². The molecule has 0 fully saturated rings. The summed E-state index contributed by atoms with van der Waals surface area (Å²) in [5.74, 6) is 0.952. The molecule has 0 aromatic carbocycles. The summed E-state index contributed by atoms with van der Waals surface area (Å²) < 4.78 is 16.0. The second kappa shape index (κ2) is 10.3. The molecule has 0 saturated carbocycles. The van der Waals surface area contributed by atoms with E-state index >= 15 is 0 Å². The SMILES string of the molecule is CCCCOCCOCCNCc1ccco1. The minimum atomic E-state index is 0.673. The molecule has 0 bridgehead atoms. The van der Waals surface area contributed by atoms with Crippen LogP contribution in [0.1, 0.15) is 25.5 Å². The molecule has 1 rings (SSSR count). The molecular weight excluding hydrogens is 218 g/mol. The molecule has 1 N–H and O–H groups in total. The molecule has 0 radical (unpaired) electrons. The largest absolute Gasteiger partial charge is 0.468 e. The van der Waals surface area contributed by atoms with Gasteiger partial charge in [-0.2, -0.15) is 0 Å². The molecule has 4 nitrogen and oxygen atoms in total. The van der Waals surface area contributed by atoms with Gasteiger partial charge in [0.25, 0.3) is 0 Å². The Labute approximate surface area is 103 Å². The number of nitrogens with one attached hydrogen (secondary N) is 1. The normalized spacial score (nSPS) is 10.9. The lowest BCUT2D eigenvalue weighted by atomic mass is 10.4. The minimum absolute atomic E-state index is 0.673. The highest BCUT2D eigenvalue weighted by atomic mass is 16.5. The number of unbranched alkanes of at least 4 members (excludes halogenated alkanes) is 1. The summed E-state index contributed by atoms with van der Waals surface area (Å²) in [5, 5.41) is 3.24. The maximum absolute atomic E-state index is 5.42. The van der Waals surface area contributed by atoms with Gasteiger partial charge < -0.3 is 19.2 Å². The summed E-state index contributed by atoms with van der Waals surface area (Å²) in [7, 11) is 0. The summed E-state index contributed by atoms with van der Waals surface area (Å²) in [6, 6.07) is 3.84. The van der Waals surface area contributed by atoms with Crippen molar-refractivity contribution >= 4 is 0 Å². The molecule has 0 spiro atoms. The molecule has 4 heteroatoms. The summed E-state index contributed by atoms with van der Waals surface area (Å²) in [6.45, 7) is 6.66. The van der Waals surface area contributed by atoms with Crippen LogP contribution in [0.3, 0.4) is 0 Å². The molecule has 0 saturated heterocycles. The van der Waals surface area contributed by atoms with Gasteiger partial charge in [0.1, 0.15) is 5.76 Å². The number of hydrogen-bond acceptors (Lipinski definition) is 4. The summed E-state index contributed by atoms with van der Waals surface area (Å²) in [6.07, 6.45) is 3.99. The summed E-state index contributed by atoms with van der Waals surface area (Å²) in [5.41, 5.74) is 0. The zero-order valence-corrected chi connectivity index (χ0v) is 10.6. The Balaban J connectivity index is 1.76. The van der Waals surface area contributed by atoms with Crippen molar-refractivity contribution < 1.29 is 13.9 Å². The van der Waals surface area contributed by atoms with E-state index in [1.54, 1.807) is 6.26 Å². The van der Waals surface area contributed by atoms with Crippen LogP contribution >= 0.6 is 0 Å². The molecule has 1 heterocycles. The van der Waals surface area contributed by atoms with Crippen molar-refractivity contribution in [2.75, 3.05) is 33.0 Å². The Kier molecular flexibility index (Phi) is 8.64. The van der Waals surface area contributed by atoms with Crippen molar-refractivity contribution in [2.45, 2.75) is 26.3 Å². The first-order valence-electron chi connectivity index (χ1n) is 6.32. The van der Waals surface area contributed by atoms with Crippen LogP contribution < -0.4 is 5.32 Å². The number of furan rings is 1. The first kappa shape index (κ1) is 14.2. The van der Waals surface area contributed by atoms with Crippen molar-refractivity contribution in [3.8, 4) is 0 Å². The lowest BCUT2D eigenvalue weighted by Crippen LogP contribution is -2.20. The fourth-order valence-corrected chi connectivity index (χ4v) is 1.34. The second-order valence-corrected chi connectivity index (χ2v) is 3.83. The van der Waals surface area contributed by atoms with Gasteiger partial charge >= 0.3 is 0 Å². The summed E-state index contributed by atoms with van der Waals surface area (Å²) >= 11 is 0.